The first-order valence-electron chi connectivity index (χ1n) is 6.28. The number of nitrogens with two attached hydrogens (primary N) is 4. The SMILES string of the molecule is NCCCCC(NC(=O)C(N)CCCN)C(N)=O. The van der Waals surface area contributed by atoms with Gasteiger partial charge in [0, 0.05) is 0 Å². The molecule has 106 valence electrons. The fourth-order valence-electron chi connectivity index (χ4n) is 1.53. The van der Waals surface area contributed by atoms with Crippen LogP contribution in [0.25, 0.3) is 0 Å². The van der Waals surface area contributed by atoms with Crippen molar-refractivity contribution in [1.82, 2.24) is 5.32 Å². The molecule has 0 aromatic rings. The minimum absolute atomic E-state index is 0.361. The van der Waals surface area contributed by atoms with E-state index < -0.39 is 18.0 Å². The molecule has 0 rings (SSSR count). The van der Waals surface area contributed by atoms with Crippen molar-refractivity contribution in [3.63, 3.8) is 0 Å². The number of nitrogens with one attached hydrogen (secondary N) is 1. The second-order valence-corrected chi connectivity index (χ2v) is 4.29. The van der Waals surface area contributed by atoms with Crippen molar-refractivity contribution >= 4 is 11.8 Å². The molecule has 2 amide bonds. The third-order valence-corrected chi connectivity index (χ3v) is 2.66. The number of amides is 2. The van der Waals surface area contributed by atoms with Crippen LogP contribution < -0.4 is 28.3 Å². The van der Waals surface area contributed by atoms with E-state index in [1.54, 1.807) is 0 Å². The summed E-state index contributed by atoms with van der Waals surface area (Å²) in [6.07, 6.45) is 3.18. The van der Waals surface area contributed by atoms with Gasteiger partial charge < -0.3 is 28.3 Å². The van der Waals surface area contributed by atoms with Gasteiger partial charge in [-0.05, 0) is 45.2 Å². The Kier molecular flexibility index (Phi) is 9.17. The monoisotopic (exact) mass is 259 g/mol. The number of carbonyl (C=O) groups is 2. The first-order chi connectivity index (χ1) is 8.52. The van der Waals surface area contributed by atoms with E-state index >= 15 is 0 Å². The van der Waals surface area contributed by atoms with Gasteiger partial charge in [-0.25, -0.2) is 0 Å². The average molecular weight is 259 g/mol. The van der Waals surface area contributed by atoms with Crippen LogP contribution in [-0.2, 0) is 9.59 Å². The Morgan fingerprint density at radius 2 is 1.61 bits per heavy atom. The molecule has 9 N–H and O–H groups in total. The molecule has 18 heavy (non-hydrogen) atoms. The molecule has 0 saturated carbocycles. The van der Waals surface area contributed by atoms with Gasteiger partial charge in [-0.15, -0.1) is 0 Å². The molecule has 2 unspecified atom stereocenters. The third-order valence-electron chi connectivity index (χ3n) is 2.66. The van der Waals surface area contributed by atoms with Gasteiger partial charge in [0.2, 0.25) is 11.8 Å². The zero-order chi connectivity index (χ0) is 14.0. The average Bonchev–Trinajstić information content (AvgIpc) is 2.34. The standard InChI is InChI=1S/C11H25N5O2/c12-6-2-1-5-9(10(15)17)16-11(18)8(14)4-3-7-13/h8-9H,1-7,12-14H2,(H2,15,17)(H,16,18). The fourth-order valence-corrected chi connectivity index (χ4v) is 1.53. The van der Waals surface area contributed by atoms with Crippen molar-refractivity contribution in [2.24, 2.45) is 22.9 Å². The van der Waals surface area contributed by atoms with Gasteiger partial charge in [0.25, 0.3) is 0 Å². The highest BCUT2D eigenvalue weighted by Crippen LogP contribution is 2.01. The molecule has 0 aliphatic heterocycles. The molecule has 0 aliphatic carbocycles. The maximum absolute atomic E-state index is 11.7. The lowest BCUT2D eigenvalue weighted by Crippen LogP contribution is -2.50. The summed E-state index contributed by atoms with van der Waals surface area (Å²) < 4.78 is 0. The van der Waals surface area contributed by atoms with Crippen molar-refractivity contribution < 1.29 is 9.59 Å². The predicted octanol–water partition coefficient (Wildman–Crippen LogP) is -1.85. The van der Waals surface area contributed by atoms with Crippen molar-refractivity contribution in [3.05, 3.63) is 0 Å². The van der Waals surface area contributed by atoms with Crippen LogP contribution in [0.5, 0.6) is 0 Å². The first-order valence-corrected chi connectivity index (χ1v) is 6.28. The topological polar surface area (TPSA) is 150 Å². The minimum Gasteiger partial charge on any atom is -0.368 e. The highest BCUT2D eigenvalue weighted by atomic mass is 16.2. The molecule has 0 spiro atoms. The molecular weight excluding hydrogens is 234 g/mol. The van der Waals surface area contributed by atoms with Gasteiger partial charge in [0.1, 0.15) is 6.04 Å². The van der Waals surface area contributed by atoms with Gasteiger partial charge in [0.05, 0.1) is 6.04 Å². The van der Waals surface area contributed by atoms with Gasteiger partial charge in [-0.2, -0.15) is 0 Å². The Morgan fingerprint density at radius 1 is 1.00 bits per heavy atom. The molecular formula is C11H25N5O2. The van der Waals surface area contributed by atoms with Crippen molar-refractivity contribution in [2.75, 3.05) is 13.1 Å². The minimum atomic E-state index is -0.673. The molecule has 0 aromatic carbocycles. The summed E-state index contributed by atoms with van der Waals surface area (Å²) in [5.74, 6) is -0.911. The molecule has 2 atom stereocenters. The Labute approximate surface area is 108 Å². The second-order valence-electron chi connectivity index (χ2n) is 4.29. The van der Waals surface area contributed by atoms with Crippen LogP contribution in [0.1, 0.15) is 32.1 Å². The Balaban J connectivity index is 4.14. The Morgan fingerprint density at radius 3 is 2.11 bits per heavy atom. The van der Waals surface area contributed by atoms with Gasteiger partial charge >= 0.3 is 0 Å². The fraction of sp³-hybridized carbons (Fsp3) is 0.818. The zero-order valence-electron chi connectivity index (χ0n) is 10.7. The van der Waals surface area contributed by atoms with Crippen LogP contribution in [0, 0.1) is 0 Å². The molecule has 0 aromatic heterocycles. The Bertz CT molecular complexity index is 260. The van der Waals surface area contributed by atoms with Crippen molar-refractivity contribution in [3.8, 4) is 0 Å². The largest absolute Gasteiger partial charge is 0.368 e. The maximum atomic E-state index is 11.7. The summed E-state index contributed by atoms with van der Waals surface area (Å²) in [5.41, 5.74) is 21.6. The highest BCUT2D eigenvalue weighted by Gasteiger charge is 2.21. The first kappa shape index (κ1) is 16.8. The lowest BCUT2D eigenvalue weighted by molar-refractivity contribution is -0.128. The Hall–Kier alpha value is -1.18. The molecule has 0 aliphatic rings. The maximum Gasteiger partial charge on any atom is 0.240 e. The number of hydrogen-bond acceptors (Lipinski definition) is 5. The highest BCUT2D eigenvalue weighted by molar-refractivity contribution is 5.88. The third kappa shape index (κ3) is 7.21. The molecule has 0 fully saturated rings. The number of hydrogen-bond donors (Lipinski definition) is 5. The lowest BCUT2D eigenvalue weighted by Gasteiger charge is -2.18. The van der Waals surface area contributed by atoms with Crippen LogP contribution >= 0.6 is 0 Å². The summed E-state index contributed by atoms with van der Waals surface area (Å²) in [5, 5.41) is 2.56. The molecule has 7 heteroatoms. The molecule has 0 radical (unpaired) electrons. The zero-order valence-corrected chi connectivity index (χ0v) is 10.7. The molecule has 0 bridgehead atoms. The summed E-state index contributed by atoms with van der Waals surface area (Å²) in [7, 11) is 0. The smallest absolute Gasteiger partial charge is 0.240 e. The van der Waals surface area contributed by atoms with Crippen LogP contribution in [0.15, 0.2) is 0 Å². The van der Waals surface area contributed by atoms with E-state index in [2.05, 4.69) is 5.32 Å². The van der Waals surface area contributed by atoms with Gasteiger partial charge in [0.15, 0.2) is 0 Å². The summed E-state index contributed by atoms with van der Waals surface area (Å²) in [6, 6.07) is -1.32. The van der Waals surface area contributed by atoms with E-state index in [4.69, 9.17) is 22.9 Å². The van der Waals surface area contributed by atoms with E-state index in [0.29, 0.717) is 32.4 Å². The number of primary amides is 1. The van der Waals surface area contributed by atoms with Gasteiger partial charge in [-0.1, -0.05) is 0 Å². The van der Waals surface area contributed by atoms with E-state index in [9.17, 15) is 9.59 Å². The lowest BCUT2D eigenvalue weighted by atomic mass is 10.1. The second kappa shape index (κ2) is 9.81. The normalized spacial score (nSPS) is 13.9. The summed E-state index contributed by atoms with van der Waals surface area (Å²) >= 11 is 0. The van der Waals surface area contributed by atoms with Crippen LogP contribution in [-0.4, -0.2) is 37.0 Å². The van der Waals surface area contributed by atoms with E-state index in [0.717, 1.165) is 12.8 Å². The van der Waals surface area contributed by atoms with E-state index in [1.165, 1.54) is 0 Å². The quantitative estimate of drug-likeness (QED) is 0.292. The van der Waals surface area contributed by atoms with E-state index in [-0.39, 0.29) is 5.91 Å². The number of rotatable bonds is 10. The van der Waals surface area contributed by atoms with Crippen molar-refractivity contribution in [2.45, 2.75) is 44.2 Å². The summed E-state index contributed by atoms with van der Waals surface area (Å²) in [4.78, 5) is 22.9. The van der Waals surface area contributed by atoms with Crippen molar-refractivity contribution in [1.29, 1.82) is 0 Å². The molecule has 0 heterocycles. The number of unbranched alkanes of at least 4 members (excludes halogenated alkanes) is 1. The van der Waals surface area contributed by atoms with Crippen LogP contribution in [0.2, 0.25) is 0 Å². The summed E-state index contributed by atoms with van der Waals surface area (Å²) in [6.45, 7) is 1.03. The van der Waals surface area contributed by atoms with E-state index in [1.807, 2.05) is 0 Å². The molecule has 0 saturated heterocycles. The van der Waals surface area contributed by atoms with Gasteiger partial charge in [-0.3, -0.25) is 9.59 Å². The van der Waals surface area contributed by atoms with Crippen LogP contribution in [0.4, 0.5) is 0 Å². The predicted molar refractivity (Wildman–Crippen MR) is 70.3 cm³/mol. The number of carbonyl (C=O) groups excluding carboxylic acids is 2. The van der Waals surface area contributed by atoms with Crippen LogP contribution in [0.3, 0.4) is 0 Å². The molecule has 7 nitrogen and oxygen atoms in total.